The predicted molar refractivity (Wildman–Crippen MR) is 106 cm³/mol. The molecule has 3 aromatic carbocycles. The lowest BCUT2D eigenvalue weighted by Gasteiger charge is -2.08. The van der Waals surface area contributed by atoms with Crippen LogP contribution in [0.2, 0.25) is 0 Å². The van der Waals surface area contributed by atoms with Gasteiger partial charge in [-0.15, -0.1) is 0 Å². The van der Waals surface area contributed by atoms with E-state index in [0.717, 1.165) is 16.5 Å². The molecule has 3 rings (SSSR count). The summed E-state index contributed by atoms with van der Waals surface area (Å²) in [6.07, 6.45) is 1.33. The lowest BCUT2D eigenvalue weighted by molar-refractivity contribution is -0.123. The number of hydrogen-bond donors (Lipinski definition) is 2. The van der Waals surface area contributed by atoms with Crippen molar-refractivity contribution in [3.05, 3.63) is 60.2 Å². The number of carbonyl (C=O) groups is 1. The van der Waals surface area contributed by atoms with Crippen molar-refractivity contribution in [2.45, 2.75) is 0 Å². The van der Waals surface area contributed by atoms with Crippen molar-refractivity contribution >= 4 is 22.9 Å². The third-order valence-electron chi connectivity index (χ3n) is 4.03. The molecule has 0 radical (unpaired) electrons. The summed E-state index contributed by atoms with van der Waals surface area (Å²) in [5, 5.41) is 15.8. The minimum atomic E-state index is -0.423. The normalized spacial score (nSPS) is 10.8. The maximum absolute atomic E-state index is 11.9. The summed E-state index contributed by atoms with van der Waals surface area (Å²) in [5.41, 5.74) is 2.78. The molecule has 7 nitrogen and oxygen atoms in total. The van der Waals surface area contributed by atoms with Crippen molar-refractivity contribution in [3.8, 4) is 23.0 Å². The number of para-hydroxylation sites is 1. The SMILES string of the molecule is COc1ccc2cc(OCC(=O)N/N=C/c3cccc(OC)c3O)ccc2c1. The number of phenols is 1. The van der Waals surface area contributed by atoms with Gasteiger partial charge in [-0.2, -0.15) is 5.10 Å². The molecular weight excluding hydrogens is 360 g/mol. The number of amides is 1. The molecule has 0 aliphatic heterocycles. The van der Waals surface area contributed by atoms with Crippen molar-refractivity contribution in [2.24, 2.45) is 5.10 Å². The van der Waals surface area contributed by atoms with E-state index >= 15 is 0 Å². The van der Waals surface area contributed by atoms with Crippen molar-refractivity contribution in [3.63, 3.8) is 0 Å². The van der Waals surface area contributed by atoms with E-state index in [2.05, 4.69) is 10.5 Å². The molecule has 0 atom stereocenters. The van der Waals surface area contributed by atoms with E-state index in [1.54, 1.807) is 31.4 Å². The molecule has 3 aromatic rings. The number of rotatable bonds is 7. The smallest absolute Gasteiger partial charge is 0.277 e. The molecule has 1 amide bonds. The fourth-order valence-corrected chi connectivity index (χ4v) is 2.58. The highest BCUT2D eigenvalue weighted by Gasteiger charge is 2.06. The van der Waals surface area contributed by atoms with Crippen LogP contribution in [0.3, 0.4) is 0 Å². The number of nitrogens with zero attached hydrogens (tertiary/aromatic N) is 1. The molecule has 0 aliphatic rings. The number of phenolic OH excluding ortho intramolecular Hbond substituents is 1. The van der Waals surface area contributed by atoms with Crippen LogP contribution in [0.15, 0.2) is 59.7 Å². The topological polar surface area (TPSA) is 89.4 Å². The zero-order chi connectivity index (χ0) is 19.9. The van der Waals surface area contributed by atoms with E-state index in [1.807, 2.05) is 30.3 Å². The summed E-state index contributed by atoms with van der Waals surface area (Å²) < 4.78 is 15.7. The molecule has 144 valence electrons. The molecule has 7 heteroatoms. The van der Waals surface area contributed by atoms with Crippen LogP contribution in [0.4, 0.5) is 0 Å². The number of nitrogens with one attached hydrogen (secondary N) is 1. The van der Waals surface area contributed by atoms with Crippen molar-refractivity contribution in [2.75, 3.05) is 20.8 Å². The second-order valence-electron chi connectivity index (χ2n) is 5.85. The van der Waals surface area contributed by atoms with Gasteiger partial charge in [0.2, 0.25) is 0 Å². The quantitative estimate of drug-likeness (QED) is 0.486. The zero-order valence-corrected chi connectivity index (χ0v) is 15.5. The first kappa shape index (κ1) is 19.0. The Kier molecular flexibility index (Phi) is 5.96. The number of hydrazone groups is 1. The van der Waals surface area contributed by atoms with E-state index < -0.39 is 5.91 Å². The summed E-state index contributed by atoms with van der Waals surface area (Å²) in [5.74, 6) is 1.20. The third-order valence-corrected chi connectivity index (χ3v) is 4.03. The number of fused-ring (bicyclic) bond motifs is 1. The fraction of sp³-hybridized carbons (Fsp3) is 0.143. The van der Waals surface area contributed by atoms with Crippen LogP contribution < -0.4 is 19.6 Å². The number of methoxy groups -OCH3 is 2. The second kappa shape index (κ2) is 8.77. The molecule has 0 saturated carbocycles. The number of ether oxygens (including phenoxy) is 3. The minimum Gasteiger partial charge on any atom is -0.504 e. The Labute approximate surface area is 162 Å². The molecular formula is C21H20N2O5. The summed E-state index contributed by atoms with van der Waals surface area (Å²) in [7, 11) is 3.08. The van der Waals surface area contributed by atoms with Crippen LogP contribution in [-0.2, 0) is 4.79 Å². The fourth-order valence-electron chi connectivity index (χ4n) is 2.58. The summed E-state index contributed by atoms with van der Waals surface area (Å²) in [4.78, 5) is 11.9. The average molecular weight is 380 g/mol. The molecule has 0 fully saturated rings. The molecule has 0 unspecified atom stereocenters. The van der Waals surface area contributed by atoms with Gasteiger partial charge < -0.3 is 19.3 Å². The standard InChI is InChI=1S/C21H20N2O5/c1-26-17-8-6-15-11-18(9-7-14(15)10-17)28-13-20(24)23-22-12-16-4-3-5-19(27-2)21(16)25/h3-12,25H,13H2,1-2H3,(H,23,24)/b22-12+. The number of carbonyl (C=O) groups excluding carboxylic acids is 1. The van der Waals surface area contributed by atoms with Gasteiger partial charge in [0.15, 0.2) is 18.1 Å². The van der Waals surface area contributed by atoms with E-state index in [9.17, 15) is 9.90 Å². The molecule has 0 aromatic heterocycles. The molecule has 0 bridgehead atoms. The Hall–Kier alpha value is -3.74. The number of hydrogen-bond acceptors (Lipinski definition) is 6. The van der Waals surface area contributed by atoms with Gasteiger partial charge in [-0.05, 0) is 47.2 Å². The summed E-state index contributed by atoms with van der Waals surface area (Å²) >= 11 is 0. The van der Waals surface area contributed by atoms with Crippen molar-refractivity contribution < 1.29 is 24.1 Å². The van der Waals surface area contributed by atoms with Crippen LogP contribution >= 0.6 is 0 Å². The maximum atomic E-state index is 11.9. The maximum Gasteiger partial charge on any atom is 0.277 e. The Bertz CT molecular complexity index is 1020. The van der Waals surface area contributed by atoms with Crippen LogP contribution in [0.1, 0.15) is 5.56 Å². The molecule has 0 saturated heterocycles. The van der Waals surface area contributed by atoms with Gasteiger partial charge in [0.1, 0.15) is 11.5 Å². The Morgan fingerprint density at radius 3 is 2.46 bits per heavy atom. The van der Waals surface area contributed by atoms with Gasteiger partial charge in [0.25, 0.3) is 5.91 Å². The first-order chi connectivity index (χ1) is 13.6. The van der Waals surface area contributed by atoms with Gasteiger partial charge in [-0.1, -0.05) is 18.2 Å². The highest BCUT2D eigenvalue weighted by molar-refractivity contribution is 5.87. The van der Waals surface area contributed by atoms with E-state index in [0.29, 0.717) is 17.1 Å². The largest absolute Gasteiger partial charge is 0.504 e. The molecule has 2 N–H and O–H groups in total. The predicted octanol–water partition coefficient (Wildman–Crippen LogP) is 3.09. The van der Waals surface area contributed by atoms with Crippen molar-refractivity contribution in [1.29, 1.82) is 0 Å². The summed E-state index contributed by atoms with van der Waals surface area (Å²) in [6, 6.07) is 16.2. The second-order valence-corrected chi connectivity index (χ2v) is 5.85. The van der Waals surface area contributed by atoms with E-state index in [1.165, 1.54) is 13.3 Å². The van der Waals surface area contributed by atoms with Crippen LogP contribution in [0, 0.1) is 0 Å². The Balaban J connectivity index is 1.56. The molecule has 28 heavy (non-hydrogen) atoms. The third kappa shape index (κ3) is 4.50. The van der Waals surface area contributed by atoms with E-state index in [4.69, 9.17) is 14.2 Å². The first-order valence-corrected chi connectivity index (χ1v) is 8.49. The zero-order valence-electron chi connectivity index (χ0n) is 15.5. The van der Waals surface area contributed by atoms with Crippen LogP contribution in [0.5, 0.6) is 23.0 Å². The average Bonchev–Trinajstić information content (AvgIpc) is 2.73. The van der Waals surface area contributed by atoms with Crippen molar-refractivity contribution in [1.82, 2.24) is 5.43 Å². The lowest BCUT2D eigenvalue weighted by Crippen LogP contribution is -2.24. The Morgan fingerprint density at radius 2 is 1.75 bits per heavy atom. The Morgan fingerprint density at radius 1 is 1.04 bits per heavy atom. The highest BCUT2D eigenvalue weighted by Crippen LogP contribution is 2.28. The molecule has 0 spiro atoms. The van der Waals surface area contributed by atoms with Gasteiger partial charge >= 0.3 is 0 Å². The van der Waals surface area contributed by atoms with Gasteiger partial charge in [0, 0.05) is 5.56 Å². The van der Waals surface area contributed by atoms with Gasteiger partial charge in [0.05, 0.1) is 20.4 Å². The van der Waals surface area contributed by atoms with E-state index in [-0.39, 0.29) is 12.4 Å². The molecule has 0 heterocycles. The first-order valence-electron chi connectivity index (χ1n) is 8.49. The van der Waals surface area contributed by atoms with Crippen LogP contribution in [-0.4, -0.2) is 38.1 Å². The highest BCUT2D eigenvalue weighted by atomic mass is 16.5. The monoisotopic (exact) mass is 380 g/mol. The number of benzene rings is 3. The lowest BCUT2D eigenvalue weighted by atomic mass is 10.1. The minimum absolute atomic E-state index is 0.0490. The summed E-state index contributed by atoms with van der Waals surface area (Å²) in [6.45, 7) is -0.191. The van der Waals surface area contributed by atoms with Gasteiger partial charge in [-0.3, -0.25) is 4.79 Å². The molecule has 0 aliphatic carbocycles. The number of aromatic hydroxyl groups is 1. The van der Waals surface area contributed by atoms with Crippen LogP contribution in [0.25, 0.3) is 10.8 Å². The van der Waals surface area contributed by atoms with Gasteiger partial charge in [-0.25, -0.2) is 5.43 Å².